The summed E-state index contributed by atoms with van der Waals surface area (Å²) in [7, 11) is 1.54. The fraction of sp³-hybridized carbons (Fsp3) is 0.526. The van der Waals surface area contributed by atoms with Crippen LogP contribution in [0.15, 0.2) is 24.3 Å². The Hall–Kier alpha value is -2.57. The SMILES string of the molecule is COc1ccc(C(=O)[C@@H](C)OC(=O)CCCNC(=O)OC(C)(C)C)cc1. The van der Waals surface area contributed by atoms with E-state index in [-0.39, 0.29) is 18.7 Å². The maximum atomic E-state index is 12.2. The molecule has 0 bridgehead atoms. The first-order chi connectivity index (χ1) is 12.1. The lowest BCUT2D eigenvalue weighted by atomic mass is 10.1. The minimum absolute atomic E-state index is 0.0933. The second-order valence-electron chi connectivity index (χ2n) is 6.76. The Morgan fingerprint density at radius 3 is 2.27 bits per heavy atom. The van der Waals surface area contributed by atoms with Crippen molar-refractivity contribution in [2.24, 2.45) is 0 Å². The van der Waals surface area contributed by atoms with Crippen LogP contribution in [0.5, 0.6) is 5.75 Å². The fourth-order valence-electron chi connectivity index (χ4n) is 2.04. The van der Waals surface area contributed by atoms with Gasteiger partial charge in [0.1, 0.15) is 11.4 Å². The van der Waals surface area contributed by atoms with Gasteiger partial charge in [-0.3, -0.25) is 9.59 Å². The summed E-state index contributed by atoms with van der Waals surface area (Å²) in [6.07, 6.45) is -0.930. The number of rotatable bonds is 8. The monoisotopic (exact) mass is 365 g/mol. The van der Waals surface area contributed by atoms with E-state index < -0.39 is 23.8 Å². The van der Waals surface area contributed by atoms with Crippen molar-refractivity contribution in [1.29, 1.82) is 0 Å². The highest BCUT2D eigenvalue weighted by atomic mass is 16.6. The summed E-state index contributed by atoms with van der Waals surface area (Å²) in [6.45, 7) is 7.12. The number of amides is 1. The largest absolute Gasteiger partial charge is 0.497 e. The number of carbonyl (C=O) groups is 3. The quantitative estimate of drug-likeness (QED) is 0.432. The average Bonchev–Trinajstić information content (AvgIpc) is 2.56. The number of ketones is 1. The molecular formula is C19H27NO6. The molecule has 1 atom stereocenters. The zero-order chi connectivity index (χ0) is 19.7. The summed E-state index contributed by atoms with van der Waals surface area (Å²) >= 11 is 0. The number of ether oxygens (including phenoxy) is 3. The number of hydrogen-bond donors (Lipinski definition) is 1. The van der Waals surface area contributed by atoms with E-state index in [0.29, 0.717) is 17.7 Å². The number of nitrogens with one attached hydrogen (secondary N) is 1. The Labute approximate surface area is 154 Å². The molecule has 0 aliphatic heterocycles. The number of carbonyl (C=O) groups excluding carboxylic acids is 3. The van der Waals surface area contributed by atoms with E-state index in [2.05, 4.69) is 5.32 Å². The maximum Gasteiger partial charge on any atom is 0.407 e. The van der Waals surface area contributed by atoms with Gasteiger partial charge in [0.25, 0.3) is 0 Å². The van der Waals surface area contributed by atoms with Gasteiger partial charge in [-0.05, 0) is 58.4 Å². The highest BCUT2D eigenvalue weighted by Crippen LogP contribution is 2.14. The molecule has 0 aliphatic rings. The average molecular weight is 365 g/mol. The van der Waals surface area contributed by atoms with Crippen molar-refractivity contribution in [2.75, 3.05) is 13.7 Å². The first kappa shape index (κ1) is 21.5. The molecule has 0 heterocycles. The summed E-state index contributed by atoms with van der Waals surface area (Å²) < 4.78 is 15.3. The van der Waals surface area contributed by atoms with E-state index in [9.17, 15) is 14.4 Å². The van der Waals surface area contributed by atoms with Crippen molar-refractivity contribution < 1.29 is 28.6 Å². The third-order valence-corrected chi connectivity index (χ3v) is 3.28. The zero-order valence-corrected chi connectivity index (χ0v) is 16.0. The minimum Gasteiger partial charge on any atom is -0.497 e. The molecule has 1 amide bonds. The van der Waals surface area contributed by atoms with E-state index >= 15 is 0 Å². The summed E-state index contributed by atoms with van der Waals surface area (Å²) in [5, 5.41) is 2.56. The molecule has 0 aromatic heterocycles. The van der Waals surface area contributed by atoms with Gasteiger partial charge in [0.15, 0.2) is 6.10 Å². The molecule has 7 nitrogen and oxygen atoms in total. The van der Waals surface area contributed by atoms with Crippen LogP contribution in [0.2, 0.25) is 0 Å². The first-order valence-corrected chi connectivity index (χ1v) is 8.47. The molecule has 0 spiro atoms. The topological polar surface area (TPSA) is 90.9 Å². The second kappa shape index (κ2) is 9.79. The lowest BCUT2D eigenvalue weighted by molar-refractivity contribution is -0.146. The molecule has 26 heavy (non-hydrogen) atoms. The van der Waals surface area contributed by atoms with E-state index in [1.807, 2.05) is 0 Å². The van der Waals surface area contributed by atoms with Crippen molar-refractivity contribution in [3.8, 4) is 5.75 Å². The van der Waals surface area contributed by atoms with Crippen LogP contribution in [0, 0.1) is 0 Å². The molecule has 0 unspecified atom stereocenters. The van der Waals surface area contributed by atoms with Crippen molar-refractivity contribution in [1.82, 2.24) is 5.32 Å². The molecule has 1 rings (SSSR count). The summed E-state index contributed by atoms with van der Waals surface area (Å²) in [6, 6.07) is 6.58. The van der Waals surface area contributed by atoms with Gasteiger partial charge in [-0.2, -0.15) is 0 Å². The Bertz CT molecular complexity index is 618. The smallest absolute Gasteiger partial charge is 0.407 e. The molecule has 0 fully saturated rings. The molecular weight excluding hydrogens is 338 g/mol. The number of alkyl carbamates (subject to hydrolysis) is 1. The van der Waals surface area contributed by atoms with Crippen LogP contribution >= 0.6 is 0 Å². The summed E-state index contributed by atoms with van der Waals surface area (Å²) in [5.41, 5.74) is -0.127. The van der Waals surface area contributed by atoms with Crippen molar-refractivity contribution in [2.45, 2.75) is 52.2 Å². The number of methoxy groups -OCH3 is 1. The molecule has 0 aliphatic carbocycles. The van der Waals surface area contributed by atoms with Gasteiger partial charge in [0, 0.05) is 18.5 Å². The van der Waals surface area contributed by atoms with Crippen LogP contribution < -0.4 is 10.1 Å². The van der Waals surface area contributed by atoms with Gasteiger partial charge < -0.3 is 19.5 Å². The second-order valence-corrected chi connectivity index (χ2v) is 6.76. The van der Waals surface area contributed by atoms with Crippen molar-refractivity contribution in [3.63, 3.8) is 0 Å². The van der Waals surface area contributed by atoms with E-state index in [1.54, 1.807) is 52.1 Å². The van der Waals surface area contributed by atoms with Crippen LogP contribution in [0.4, 0.5) is 4.79 Å². The standard InChI is InChI=1S/C19H27NO6/c1-13(17(22)14-8-10-15(24-5)11-9-14)25-16(21)7-6-12-20-18(23)26-19(2,3)4/h8-11,13H,6-7,12H2,1-5H3,(H,20,23)/t13-/m1/s1. The van der Waals surface area contributed by atoms with Gasteiger partial charge in [-0.15, -0.1) is 0 Å². The molecule has 0 saturated carbocycles. The van der Waals surface area contributed by atoms with E-state index in [1.165, 1.54) is 6.92 Å². The Morgan fingerprint density at radius 1 is 1.12 bits per heavy atom. The number of Topliss-reactive ketones (excluding diaryl/α,β-unsaturated/α-hetero) is 1. The lowest BCUT2D eigenvalue weighted by Crippen LogP contribution is -2.33. The fourth-order valence-corrected chi connectivity index (χ4v) is 2.04. The van der Waals surface area contributed by atoms with Gasteiger partial charge in [0.05, 0.1) is 7.11 Å². The van der Waals surface area contributed by atoms with Crippen LogP contribution in [0.1, 0.15) is 50.9 Å². The predicted octanol–water partition coefficient (Wildman–Crippen LogP) is 3.11. The predicted molar refractivity (Wildman–Crippen MR) is 96.3 cm³/mol. The lowest BCUT2D eigenvalue weighted by Gasteiger charge is -2.19. The molecule has 1 aromatic rings. The molecule has 1 aromatic carbocycles. The highest BCUT2D eigenvalue weighted by molar-refractivity contribution is 6.00. The maximum absolute atomic E-state index is 12.2. The van der Waals surface area contributed by atoms with Crippen LogP contribution in [0.25, 0.3) is 0 Å². The number of esters is 1. The van der Waals surface area contributed by atoms with Gasteiger partial charge in [-0.1, -0.05) is 0 Å². The van der Waals surface area contributed by atoms with Gasteiger partial charge >= 0.3 is 12.1 Å². The Morgan fingerprint density at radius 2 is 1.73 bits per heavy atom. The van der Waals surface area contributed by atoms with Crippen LogP contribution in [0.3, 0.4) is 0 Å². The minimum atomic E-state index is -0.880. The zero-order valence-electron chi connectivity index (χ0n) is 16.0. The Kier molecular flexibility index (Phi) is 8.09. The summed E-state index contributed by atoms with van der Waals surface area (Å²) in [4.78, 5) is 35.5. The Balaban J connectivity index is 2.33. The van der Waals surface area contributed by atoms with Crippen molar-refractivity contribution in [3.05, 3.63) is 29.8 Å². The van der Waals surface area contributed by atoms with E-state index in [0.717, 1.165) is 0 Å². The van der Waals surface area contributed by atoms with Crippen LogP contribution in [-0.2, 0) is 14.3 Å². The first-order valence-electron chi connectivity index (χ1n) is 8.47. The van der Waals surface area contributed by atoms with Gasteiger partial charge in [-0.25, -0.2) is 4.79 Å². The van der Waals surface area contributed by atoms with Crippen molar-refractivity contribution >= 4 is 17.8 Å². The normalized spacial score (nSPS) is 12.0. The number of hydrogen-bond acceptors (Lipinski definition) is 6. The summed E-state index contributed by atoms with van der Waals surface area (Å²) in [5.74, 6) is -0.137. The molecule has 1 N–H and O–H groups in total. The highest BCUT2D eigenvalue weighted by Gasteiger charge is 2.20. The molecule has 0 saturated heterocycles. The molecule has 0 radical (unpaired) electrons. The molecule has 144 valence electrons. The third kappa shape index (κ3) is 8.00. The van der Waals surface area contributed by atoms with Crippen LogP contribution in [-0.4, -0.2) is 43.2 Å². The number of benzene rings is 1. The molecule has 7 heteroatoms. The third-order valence-electron chi connectivity index (χ3n) is 3.28. The van der Waals surface area contributed by atoms with E-state index in [4.69, 9.17) is 14.2 Å². The van der Waals surface area contributed by atoms with Gasteiger partial charge in [0.2, 0.25) is 5.78 Å².